The Morgan fingerprint density at radius 3 is 0.686 bits per heavy atom. The lowest BCUT2D eigenvalue weighted by Gasteiger charge is -2.10. The predicted molar refractivity (Wildman–Crippen MR) is 292 cm³/mol. The van der Waals surface area contributed by atoms with Crippen LogP contribution in [0.3, 0.4) is 0 Å². The molecule has 0 unspecified atom stereocenters. The van der Waals surface area contributed by atoms with Crippen molar-refractivity contribution in [1.29, 1.82) is 0 Å². The first-order valence-electron chi connectivity index (χ1n) is 29.0. The van der Waals surface area contributed by atoms with Gasteiger partial charge >= 0.3 is 23.9 Å². The minimum absolute atomic E-state index is 0.295. The van der Waals surface area contributed by atoms with E-state index in [-0.39, 0.29) is 0 Å². The van der Waals surface area contributed by atoms with E-state index >= 15 is 0 Å². The number of benzene rings is 2. The van der Waals surface area contributed by atoms with Crippen LogP contribution in [-0.2, 0) is 18.9 Å². The quantitative estimate of drug-likeness (QED) is 0.0367. The van der Waals surface area contributed by atoms with Crippen LogP contribution < -0.4 is 0 Å². The lowest BCUT2D eigenvalue weighted by atomic mass is 10.0. The van der Waals surface area contributed by atoms with Crippen LogP contribution in [-0.4, -0.2) is 50.3 Å². The maximum Gasteiger partial charge on any atom is 0.339 e. The Labute approximate surface area is 429 Å². The molecule has 0 aliphatic rings. The van der Waals surface area contributed by atoms with Gasteiger partial charge in [0.2, 0.25) is 0 Å². The summed E-state index contributed by atoms with van der Waals surface area (Å²) in [6.07, 6.45) is 41.4. The van der Waals surface area contributed by atoms with Gasteiger partial charge in [0.1, 0.15) is 0 Å². The van der Waals surface area contributed by atoms with Gasteiger partial charge in [0, 0.05) is 0 Å². The molecule has 0 aliphatic carbocycles. The minimum atomic E-state index is -0.442. The molecule has 400 valence electrons. The van der Waals surface area contributed by atoms with Gasteiger partial charge in [-0.3, -0.25) is 0 Å². The Morgan fingerprint density at radius 1 is 0.300 bits per heavy atom. The number of esters is 4. The van der Waals surface area contributed by atoms with Crippen LogP contribution in [0.2, 0.25) is 0 Å². The molecule has 0 spiro atoms. The van der Waals surface area contributed by atoms with E-state index in [1.807, 2.05) is 0 Å². The van der Waals surface area contributed by atoms with Crippen molar-refractivity contribution in [3.63, 3.8) is 0 Å². The third-order valence-corrected chi connectivity index (χ3v) is 13.0. The maximum absolute atomic E-state index is 12.6. The average Bonchev–Trinajstić information content (AvgIpc) is 3.36. The van der Waals surface area contributed by atoms with E-state index in [1.54, 1.807) is 48.5 Å². The van der Waals surface area contributed by atoms with Gasteiger partial charge in [-0.1, -0.05) is 258 Å². The SMILES string of the molecule is CC(C)CCCCCCCOC(=O)c1ccccc1C(=O)OCCCCCCCC(C)C.CCCCCCCCCCCCCOC(=O)c1ccccc1C(=O)OCCCCCCCCCCCCC. The molecule has 70 heavy (non-hydrogen) atoms. The van der Waals surface area contributed by atoms with Gasteiger partial charge in [0.25, 0.3) is 0 Å². The summed E-state index contributed by atoms with van der Waals surface area (Å²) in [4.78, 5) is 50.1. The van der Waals surface area contributed by atoms with E-state index in [2.05, 4.69) is 41.5 Å². The average molecular weight is 978 g/mol. The molecule has 0 aromatic heterocycles. The molecule has 8 nitrogen and oxygen atoms in total. The number of ether oxygens (including phenoxy) is 4. The fraction of sp³-hybridized carbons (Fsp3) is 0.742. The van der Waals surface area contributed by atoms with E-state index in [9.17, 15) is 19.2 Å². The van der Waals surface area contributed by atoms with Crippen molar-refractivity contribution in [1.82, 2.24) is 0 Å². The summed E-state index contributed by atoms with van der Waals surface area (Å²) in [5.74, 6) is -0.215. The molecule has 0 radical (unpaired) electrons. The van der Waals surface area contributed by atoms with Gasteiger partial charge < -0.3 is 18.9 Å². The first-order valence-corrected chi connectivity index (χ1v) is 29.0. The number of carbonyl (C=O) groups excluding carboxylic acids is 4. The molecular weight excluding hydrogens is 873 g/mol. The number of carbonyl (C=O) groups is 4. The third kappa shape index (κ3) is 36.3. The highest BCUT2D eigenvalue weighted by molar-refractivity contribution is 6.03. The highest BCUT2D eigenvalue weighted by Crippen LogP contribution is 2.18. The Balaban J connectivity index is 0.000000710. The maximum atomic E-state index is 12.6. The molecule has 2 aromatic rings. The predicted octanol–water partition coefficient (Wildman–Crippen LogP) is 18.6. The van der Waals surface area contributed by atoms with Crippen molar-refractivity contribution >= 4 is 23.9 Å². The molecule has 0 amide bonds. The Hall–Kier alpha value is -3.68. The van der Waals surface area contributed by atoms with Gasteiger partial charge in [-0.2, -0.15) is 0 Å². The first-order chi connectivity index (χ1) is 34.1. The molecule has 0 aliphatic heterocycles. The second kappa shape index (κ2) is 46.4. The summed E-state index contributed by atoms with van der Waals surface area (Å²) < 4.78 is 21.8. The van der Waals surface area contributed by atoms with Gasteiger partial charge in [-0.25, -0.2) is 19.2 Å². The topological polar surface area (TPSA) is 105 Å². The highest BCUT2D eigenvalue weighted by Gasteiger charge is 2.20. The zero-order valence-corrected chi connectivity index (χ0v) is 45.9. The normalized spacial score (nSPS) is 11.1. The summed E-state index contributed by atoms with van der Waals surface area (Å²) in [6, 6.07) is 13.6. The van der Waals surface area contributed by atoms with Crippen molar-refractivity contribution in [2.75, 3.05) is 26.4 Å². The third-order valence-electron chi connectivity index (χ3n) is 13.0. The van der Waals surface area contributed by atoms with Crippen molar-refractivity contribution < 1.29 is 38.1 Å². The van der Waals surface area contributed by atoms with Crippen LogP contribution in [0, 0.1) is 11.8 Å². The standard InChI is InChI=1S/C34H58O4.C28H46O4/c1-3-5-7-9-11-13-15-17-19-21-25-29-37-33(35)31-27-23-24-28-32(31)34(36)38-30-26-22-20-18-16-14-12-10-8-6-4-2;1-23(2)17-11-7-5-9-15-21-31-27(29)25-19-13-14-20-26(25)28(30)32-22-16-10-6-8-12-18-24(3)4/h23-24,27-28H,3-22,25-26,29-30H2,1-2H3;13-14,19-20,23-24H,5-12,15-18,21-22H2,1-4H3. The van der Waals surface area contributed by atoms with Crippen LogP contribution >= 0.6 is 0 Å². The molecule has 2 aromatic carbocycles. The van der Waals surface area contributed by atoms with E-state index < -0.39 is 23.9 Å². The van der Waals surface area contributed by atoms with E-state index in [0.29, 0.717) is 48.7 Å². The second-order valence-corrected chi connectivity index (χ2v) is 20.6. The number of hydrogen-bond donors (Lipinski definition) is 0. The summed E-state index contributed by atoms with van der Waals surface area (Å²) >= 11 is 0. The van der Waals surface area contributed by atoms with Gasteiger partial charge in [-0.05, 0) is 61.8 Å². The minimum Gasteiger partial charge on any atom is -0.462 e. The molecule has 0 heterocycles. The number of unbranched alkanes of at least 4 members (excludes halogenated alkanes) is 28. The summed E-state index contributed by atoms with van der Waals surface area (Å²) in [5.41, 5.74) is 1.20. The lowest BCUT2D eigenvalue weighted by molar-refractivity contribution is 0.0450. The van der Waals surface area contributed by atoms with Gasteiger partial charge in [-0.15, -0.1) is 0 Å². The monoisotopic (exact) mass is 977 g/mol. The van der Waals surface area contributed by atoms with Crippen molar-refractivity contribution in [2.45, 2.75) is 260 Å². The molecule has 0 bridgehead atoms. The van der Waals surface area contributed by atoms with Gasteiger partial charge in [0.05, 0.1) is 48.7 Å². The lowest BCUT2D eigenvalue weighted by Crippen LogP contribution is -2.15. The van der Waals surface area contributed by atoms with Crippen LogP contribution in [0.25, 0.3) is 0 Å². The Bertz CT molecular complexity index is 1450. The van der Waals surface area contributed by atoms with Crippen molar-refractivity contribution in [3.8, 4) is 0 Å². The number of rotatable bonds is 44. The smallest absolute Gasteiger partial charge is 0.339 e. The molecule has 0 saturated heterocycles. The molecule has 8 heteroatoms. The molecular formula is C62H104O8. The Morgan fingerprint density at radius 2 is 0.486 bits per heavy atom. The molecule has 0 N–H and O–H groups in total. The number of hydrogen-bond acceptors (Lipinski definition) is 8. The molecule has 0 saturated carbocycles. The van der Waals surface area contributed by atoms with Crippen molar-refractivity contribution in [3.05, 3.63) is 70.8 Å². The van der Waals surface area contributed by atoms with E-state index in [1.165, 1.54) is 167 Å². The van der Waals surface area contributed by atoms with Crippen LogP contribution in [0.4, 0.5) is 0 Å². The highest BCUT2D eigenvalue weighted by atomic mass is 16.5. The van der Waals surface area contributed by atoms with Gasteiger partial charge in [0.15, 0.2) is 0 Å². The summed E-state index contributed by atoms with van der Waals surface area (Å²) in [6.45, 7) is 15.1. The molecule has 0 atom stereocenters. The molecule has 2 rings (SSSR count). The summed E-state index contributed by atoms with van der Waals surface area (Å²) in [5, 5.41) is 0. The Kier molecular flexibility index (Phi) is 42.6. The van der Waals surface area contributed by atoms with Crippen LogP contribution in [0.15, 0.2) is 48.5 Å². The molecule has 0 fully saturated rings. The first kappa shape index (κ1) is 64.3. The van der Waals surface area contributed by atoms with Crippen LogP contribution in [0.5, 0.6) is 0 Å². The fourth-order valence-electron chi connectivity index (χ4n) is 8.55. The van der Waals surface area contributed by atoms with Crippen LogP contribution in [0.1, 0.15) is 301 Å². The largest absolute Gasteiger partial charge is 0.462 e. The zero-order chi connectivity index (χ0) is 51.1. The zero-order valence-electron chi connectivity index (χ0n) is 45.9. The fourth-order valence-corrected chi connectivity index (χ4v) is 8.55. The van der Waals surface area contributed by atoms with Crippen molar-refractivity contribution in [2.24, 2.45) is 11.8 Å². The van der Waals surface area contributed by atoms with E-state index in [4.69, 9.17) is 18.9 Å². The second-order valence-electron chi connectivity index (χ2n) is 20.6. The summed E-state index contributed by atoms with van der Waals surface area (Å²) in [7, 11) is 0. The van der Waals surface area contributed by atoms with E-state index in [0.717, 1.165) is 63.2 Å².